The molecule has 2 unspecified atom stereocenters. The van der Waals surface area contributed by atoms with Crippen LogP contribution >= 0.6 is 0 Å². The molecule has 0 fully saturated rings. The summed E-state index contributed by atoms with van der Waals surface area (Å²) in [6.45, 7) is 0. The number of hydrogen-bond acceptors (Lipinski definition) is 2. The summed E-state index contributed by atoms with van der Waals surface area (Å²) in [5.41, 5.74) is 11.4. The van der Waals surface area contributed by atoms with Crippen LogP contribution in [-0.2, 0) is 5.41 Å². The second-order valence-corrected chi connectivity index (χ2v) is 8.82. The minimum Gasteiger partial charge on any atom is -0.377 e. The molecule has 32 heavy (non-hydrogen) atoms. The molecule has 152 valence electrons. The Morgan fingerprint density at radius 3 is 2.34 bits per heavy atom. The number of nitrogens with one attached hydrogen (secondary N) is 1. The van der Waals surface area contributed by atoms with Crippen LogP contribution in [0.1, 0.15) is 34.4 Å². The van der Waals surface area contributed by atoms with Crippen molar-refractivity contribution in [1.29, 1.82) is 0 Å². The van der Waals surface area contributed by atoms with Gasteiger partial charge in [0.1, 0.15) is 0 Å². The summed E-state index contributed by atoms with van der Waals surface area (Å²) in [6.07, 6.45) is 5.37. The average molecular weight is 411 g/mol. The molecule has 0 radical (unpaired) electrons. The number of hydrogen-bond donors (Lipinski definition) is 1. The molecular weight excluding hydrogens is 388 g/mol. The third kappa shape index (κ3) is 2.22. The van der Waals surface area contributed by atoms with Gasteiger partial charge in [-0.25, -0.2) is 0 Å². The van der Waals surface area contributed by atoms with Crippen molar-refractivity contribution in [2.75, 3.05) is 5.32 Å². The van der Waals surface area contributed by atoms with E-state index < -0.39 is 5.41 Å². The Kier molecular flexibility index (Phi) is 3.63. The molecule has 2 atom stereocenters. The van der Waals surface area contributed by atoms with Gasteiger partial charge in [-0.2, -0.15) is 0 Å². The van der Waals surface area contributed by atoms with Crippen LogP contribution in [0.15, 0.2) is 115 Å². The summed E-state index contributed by atoms with van der Waals surface area (Å²) in [4.78, 5) is 4.95. The topological polar surface area (TPSA) is 24.9 Å². The predicted molar refractivity (Wildman–Crippen MR) is 130 cm³/mol. The van der Waals surface area contributed by atoms with Gasteiger partial charge >= 0.3 is 0 Å². The molecule has 7 rings (SSSR count). The summed E-state index contributed by atoms with van der Waals surface area (Å²) in [6, 6.07) is 35.1. The number of pyridine rings is 1. The molecule has 2 heterocycles. The second kappa shape index (κ2) is 6.54. The van der Waals surface area contributed by atoms with Crippen LogP contribution < -0.4 is 5.32 Å². The van der Waals surface area contributed by atoms with Gasteiger partial charge in [0.2, 0.25) is 0 Å². The van der Waals surface area contributed by atoms with Crippen LogP contribution in [-0.4, -0.2) is 11.0 Å². The fourth-order valence-electron chi connectivity index (χ4n) is 6.03. The number of rotatable bonds is 2. The fourth-order valence-corrected chi connectivity index (χ4v) is 6.03. The van der Waals surface area contributed by atoms with Gasteiger partial charge in [0.25, 0.3) is 0 Å². The Hall–Kier alpha value is -3.91. The minimum atomic E-state index is -0.413. The molecule has 2 nitrogen and oxygen atoms in total. The molecule has 2 heteroatoms. The standard InChI is InChI=1S/C30H22N2/c1-2-10-20(11-3-1)30(29-16-8-9-17-31-29)25-14-6-4-12-21(25)23-19-28-24(18-26(23)30)22-13-5-7-15-27(22)32-28/h1-18,28,32H,19H2. The Morgan fingerprint density at radius 2 is 1.50 bits per heavy atom. The van der Waals surface area contributed by atoms with Crippen LogP contribution in [0, 0.1) is 0 Å². The van der Waals surface area contributed by atoms with E-state index in [-0.39, 0.29) is 0 Å². The maximum Gasteiger partial charge on any atom is 0.0882 e. The molecule has 2 aliphatic carbocycles. The molecule has 0 saturated heterocycles. The van der Waals surface area contributed by atoms with E-state index in [9.17, 15) is 0 Å². The molecule has 1 N–H and O–H groups in total. The second-order valence-electron chi connectivity index (χ2n) is 8.82. The zero-order valence-corrected chi connectivity index (χ0v) is 17.6. The molecule has 0 saturated carbocycles. The van der Waals surface area contributed by atoms with Gasteiger partial charge in [-0.3, -0.25) is 4.98 Å². The molecule has 0 amide bonds. The Bertz CT molecular complexity index is 1370. The Labute approximate surface area is 188 Å². The Balaban J connectivity index is 1.58. The number of allylic oxidation sites excluding steroid dienone is 2. The quantitative estimate of drug-likeness (QED) is 0.410. The lowest BCUT2D eigenvalue weighted by Gasteiger charge is -2.35. The fraction of sp³-hybridized carbons (Fsp3) is 0.100. The van der Waals surface area contributed by atoms with Crippen LogP contribution in [0.4, 0.5) is 5.69 Å². The normalized spacial score (nSPS) is 22.4. The van der Waals surface area contributed by atoms with Crippen molar-refractivity contribution >= 4 is 16.8 Å². The van der Waals surface area contributed by atoms with Crippen molar-refractivity contribution in [3.05, 3.63) is 143 Å². The van der Waals surface area contributed by atoms with E-state index in [1.807, 2.05) is 12.3 Å². The molecular formula is C30H22N2. The molecule has 1 aromatic heterocycles. The van der Waals surface area contributed by atoms with E-state index >= 15 is 0 Å². The van der Waals surface area contributed by atoms with Crippen LogP contribution in [0.3, 0.4) is 0 Å². The monoisotopic (exact) mass is 410 g/mol. The first-order valence-electron chi connectivity index (χ1n) is 11.3. The molecule has 4 aromatic rings. The van der Waals surface area contributed by atoms with Gasteiger partial charge < -0.3 is 5.32 Å². The first kappa shape index (κ1) is 17.7. The van der Waals surface area contributed by atoms with Crippen LogP contribution in [0.5, 0.6) is 0 Å². The predicted octanol–water partition coefficient (Wildman–Crippen LogP) is 6.46. The molecule has 3 aliphatic rings. The SMILES string of the molecule is C1=C2c3ccccc3NC2CC2=C1C(c1ccccc1)(c1ccccn1)c1ccccc12. The third-order valence-electron chi connectivity index (χ3n) is 7.29. The first-order chi connectivity index (χ1) is 15.9. The van der Waals surface area contributed by atoms with Crippen LogP contribution in [0.2, 0.25) is 0 Å². The Morgan fingerprint density at radius 1 is 0.750 bits per heavy atom. The van der Waals surface area contributed by atoms with E-state index in [0.717, 1.165) is 12.1 Å². The van der Waals surface area contributed by atoms with Gasteiger partial charge in [-0.05, 0) is 58.0 Å². The molecule has 1 aliphatic heterocycles. The number of nitrogens with zero attached hydrogens (tertiary/aromatic N) is 1. The van der Waals surface area contributed by atoms with E-state index in [1.165, 1.54) is 44.7 Å². The van der Waals surface area contributed by atoms with E-state index in [4.69, 9.17) is 4.98 Å². The van der Waals surface area contributed by atoms with Crippen LogP contribution in [0.25, 0.3) is 11.1 Å². The van der Waals surface area contributed by atoms with Crippen molar-refractivity contribution in [1.82, 2.24) is 4.98 Å². The number of fused-ring (bicyclic) bond motifs is 5. The molecule has 3 aromatic carbocycles. The molecule has 0 spiro atoms. The lowest BCUT2D eigenvalue weighted by atomic mass is 9.67. The lowest BCUT2D eigenvalue weighted by Crippen LogP contribution is -2.31. The van der Waals surface area contributed by atoms with Gasteiger partial charge in [-0.15, -0.1) is 0 Å². The van der Waals surface area contributed by atoms with Crippen molar-refractivity contribution in [3.63, 3.8) is 0 Å². The van der Waals surface area contributed by atoms with Gasteiger partial charge in [-0.1, -0.05) is 84.9 Å². The number of para-hydroxylation sites is 1. The largest absolute Gasteiger partial charge is 0.377 e. The highest BCUT2D eigenvalue weighted by Gasteiger charge is 2.50. The maximum absolute atomic E-state index is 4.95. The van der Waals surface area contributed by atoms with Crippen molar-refractivity contribution < 1.29 is 0 Å². The highest BCUT2D eigenvalue weighted by Crippen LogP contribution is 2.58. The summed E-state index contributed by atoms with van der Waals surface area (Å²) >= 11 is 0. The first-order valence-corrected chi connectivity index (χ1v) is 11.3. The van der Waals surface area contributed by atoms with E-state index in [2.05, 4.69) is 102 Å². The summed E-state index contributed by atoms with van der Waals surface area (Å²) < 4.78 is 0. The number of aromatic nitrogens is 1. The highest BCUT2D eigenvalue weighted by molar-refractivity contribution is 5.98. The smallest absolute Gasteiger partial charge is 0.0882 e. The number of anilines is 1. The number of benzene rings is 3. The highest BCUT2D eigenvalue weighted by atomic mass is 15.0. The van der Waals surface area contributed by atoms with E-state index in [1.54, 1.807) is 0 Å². The van der Waals surface area contributed by atoms with E-state index in [0.29, 0.717) is 6.04 Å². The summed E-state index contributed by atoms with van der Waals surface area (Å²) in [5.74, 6) is 0. The van der Waals surface area contributed by atoms with Crippen molar-refractivity contribution in [2.24, 2.45) is 0 Å². The molecule has 0 bridgehead atoms. The van der Waals surface area contributed by atoms with Crippen molar-refractivity contribution in [2.45, 2.75) is 17.9 Å². The lowest BCUT2D eigenvalue weighted by molar-refractivity contribution is 0.724. The zero-order valence-electron chi connectivity index (χ0n) is 17.6. The van der Waals surface area contributed by atoms with Gasteiger partial charge in [0.15, 0.2) is 0 Å². The average Bonchev–Trinajstić information content (AvgIpc) is 3.37. The summed E-state index contributed by atoms with van der Waals surface area (Å²) in [7, 11) is 0. The van der Waals surface area contributed by atoms with Crippen molar-refractivity contribution in [3.8, 4) is 0 Å². The third-order valence-corrected chi connectivity index (χ3v) is 7.29. The maximum atomic E-state index is 4.95. The zero-order chi connectivity index (χ0) is 21.1. The van der Waals surface area contributed by atoms with Gasteiger partial charge in [0.05, 0.1) is 17.2 Å². The van der Waals surface area contributed by atoms with Gasteiger partial charge in [0, 0.05) is 17.4 Å². The minimum absolute atomic E-state index is 0.314. The summed E-state index contributed by atoms with van der Waals surface area (Å²) in [5, 5.41) is 3.77.